The van der Waals surface area contributed by atoms with Crippen molar-refractivity contribution in [2.24, 2.45) is 0 Å². The van der Waals surface area contributed by atoms with Crippen LogP contribution in [0.2, 0.25) is 0 Å². The Morgan fingerprint density at radius 2 is 1.97 bits per heavy atom. The summed E-state index contributed by atoms with van der Waals surface area (Å²) in [5.41, 5.74) is 1.27. The minimum absolute atomic E-state index is 0.191. The van der Waals surface area contributed by atoms with Gasteiger partial charge in [-0.05, 0) is 17.7 Å². The maximum absolute atomic E-state index is 11.3. The van der Waals surface area contributed by atoms with Crippen molar-refractivity contribution in [1.29, 1.82) is 0 Å². The molecule has 4 atom stereocenters. The smallest absolute Gasteiger partial charge is 0.294 e. The van der Waals surface area contributed by atoms with Gasteiger partial charge in [0.25, 0.3) is 10.1 Å². The Kier molecular flexibility index (Phi) is 5.40. The molecule has 1 fully saturated rings. The van der Waals surface area contributed by atoms with E-state index in [2.05, 4.69) is 20.3 Å². The van der Waals surface area contributed by atoms with Crippen LogP contribution in [-0.2, 0) is 21.4 Å². The van der Waals surface area contributed by atoms with Crippen LogP contribution in [0.1, 0.15) is 11.8 Å². The molecule has 0 aliphatic carbocycles. The first-order chi connectivity index (χ1) is 14.3. The minimum atomic E-state index is -4.31. The molecule has 3 aromatic rings. The van der Waals surface area contributed by atoms with Crippen molar-refractivity contribution in [2.45, 2.75) is 36.0 Å². The van der Waals surface area contributed by atoms with Gasteiger partial charge in [0.2, 0.25) is 0 Å². The predicted octanol–water partition coefficient (Wildman–Crippen LogP) is -0.703. The van der Waals surface area contributed by atoms with E-state index in [4.69, 9.17) is 4.74 Å². The summed E-state index contributed by atoms with van der Waals surface area (Å²) in [4.78, 5) is 12.3. The Morgan fingerprint density at radius 3 is 2.67 bits per heavy atom. The molecule has 2 aromatic heterocycles. The van der Waals surface area contributed by atoms with Crippen molar-refractivity contribution in [2.75, 3.05) is 11.9 Å². The average Bonchev–Trinajstić information content (AvgIpc) is 3.27. The number of fused-ring (bicyclic) bond motifs is 1. The summed E-state index contributed by atoms with van der Waals surface area (Å²) in [7, 11) is -4.31. The lowest BCUT2D eigenvalue weighted by molar-refractivity contribution is -0.0511. The highest BCUT2D eigenvalue weighted by Gasteiger charge is 2.44. The summed E-state index contributed by atoms with van der Waals surface area (Å²) in [6, 6.07) is 5.80. The van der Waals surface area contributed by atoms with Crippen molar-refractivity contribution in [3.63, 3.8) is 0 Å². The first kappa shape index (κ1) is 20.6. The number of aliphatic hydroxyl groups excluding tert-OH is 3. The molecule has 5 N–H and O–H groups in total. The van der Waals surface area contributed by atoms with Gasteiger partial charge in [0, 0.05) is 6.54 Å². The van der Waals surface area contributed by atoms with E-state index < -0.39 is 41.3 Å². The van der Waals surface area contributed by atoms with E-state index in [1.807, 2.05) is 0 Å². The summed E-state index contributed by atoms with van der Waals surface area (Å²) in [6.07, 6.45) is -1.81. The van der Waals surface area contributed by atoms with E-state index in [0.717, 1.165) is 0 Å². The van der Waals surface area contributed by atoms with E-state index in [1.165, 1.54) is 35.4 Å². The lowest BCUT2D eigenvalue weighted by atomic mass is 10.1. The number of hydrogen-bond donors (Lipinski definition) is 5. The maximum atomic E-state index is 11.3. The van der Waals surface area contributed by atoms with Gasteiger partial charge in [-0.1, -0.05) is 12.1 Å². The van der Waals surface area contributed by atoms with Gasteiger partial charge in [-0.25, -0.2) is 15.0 Å². The number of imidazole rings is 1. The maximum Gasteiger partial charge on any atom is 0.294 e. The second-order valence-electron chi connectivity index (χ2n) is 6.75. The third kappa shape index (κ3) is 3.74. The Labute approximate surface area is 170 Å². The Bertz CT molecular complexity index is 1170. The number of hydrogen-bond acceptors (Lipinski definition) is 10. The molecule has 1 saturated heterocycles. The normalized spacial score (nSPS) is 24.4. The van der Waals surface area contributed by atoms with Crippen LogP contribution in [-0.4, -0.2) is 72.7 Å². The molecule has 4 rings (SSSR count). The third-order valence-electron chi connectivity index (χ3n) is 4.81. The zero-order chi connectivity index (χ0) is 21.5. The number of rotatable bonds is 6. The van der Waals surface area contributed by atoms with Crippen LogP contribution in [0, 0.1) is 0 Å². The van der Waals surface area contributed by atoms with E-state index >= 15 is 0 Å². The molecule has 1 aliphatic rings. The van der Waals surface area contributed by atoms with Crippen molar-refractivity contribution in [3.05, 3.63) is 42.5 Å². The van der Waals surface area contributed by atoms with Gasteiger partial charge in [-0.15, -0.1) is 0 Å². The van der Waals surface area contributed by atoms with Gasteiger partial charge in [0.15, 0.2) is 23.2 Å². The molecule has 0 spiro atoms. The average molecular weight is 437 g/mol. The lowest BCUT2D eigenvalue weighted by Gasteiger charge is -2.16. The summed E-state index contributed by atoms with van der Waals surface area (Å²) in [6.45, 7) is -0.262. The molecule has 13 heteroatoms. The van der Waals surface area contributed by atoms with Crippen LogP contribution < -0.4 is 5.32 Å². The SMILES string of the molecule is O=S(=O)(O)c1cccc(CNc2ncnc3c2ncn3[C@@H]2O[C@H](CO)[C@@H](O)[C@H]2O)c1. The molecule has 12 nitrogen and oxygen atoms in total. The number of nitrogens with one attached hydrogen (secondary N) is 1. The Morgan fingerprint density at radius 1 is 1.17 bits per heavy atom. The molecule has 0 unspecified atom stereocenters. The first-order valence-electron chi connectivity index (χ1n) is 8.90. The molecule has 1 aliphatic heterocycles. The van der Waals surface area contributed by atoms with Gasteiger partial charge in [0.05, 0.1) is 17.8 Å². The highest BCUT2D eigenvalue weighted by molar-refractivity contribution is 7.85. The van der Waals surface area contributed by atoms with Gasteiger partial charge < -0.3 is 25.4 Å². The van der Waals surface area contributed by atoms with Crippen molar-refractivity contribution >= 4 is 27.1 Å². The number of benzene rings is 1. The van der Waals surface area contributed by atoms with Crippen molar-refractivity contribution < 1.29 is 33.0 Å². The van der Waals surface area contributed by atoms with Crippen LogP contribution in [0.5, 0.6) is 0 Å². The van der Waals surface area contributed by atoms with Crippen LogP contribution in [0.4, 0.5) is 5.82 Å². The molecule has 1 aromatic carbocycles. The quantitative estimate of drug-likeness (QED) is 0.308. The van der Waals surface area contributed by atoms with Crippen LogP contribution in [0.15, 0.2) is 41.8 Å². The van der Waals surface area contributed by atoms with Crippen molar-refractivity contribution in [3.8, 4) is 0 Å². The molecule has 30 heavy (non-hydrogen) atoms. The van der Waals surface area contributed by atoms with E-state index in [0.29, 0.717) is 22.5 Å². The van der Waals surface area contributed by atoms with Crippen LogP contribution in [0.25, 0.3) is 11.2 Å². The number of aliphatic hydroxyl groups is 3. The second kappa shape index (κ2) is 7.86. The number of anilines is 1. The number of ether oxygens (including phenoxy) is 1. The first-order valence-corrected chi connectivity index (χ1v) is 10.3. The monoisotopic (exact) mass is 437 g/mol. The van der Waals surface area contributed by atoms with Gasteiger partial charge >= 0.3 is 0 Å². The molecular weight excluding hydrogens is 418 g/mol. The lowest BCUT2D eigenvalue weighted by Crippen LogP contribution is -2.33. The molecule has 0 saturated carbocycles. The summed E-state index contributed by atoms with van der Waals surface area (Å²) < 4.78 is 38.7. The Balaban J connectivity index is 1.59. The standard InChI is InChI=1S/C17H19N5O7S/c23-6-11-13(24)14(25)17(29-11)22-8-21-12-15(19-7-20-16(12)22)18-5-9-2-1-3-10(4-9)30(26,27)28/h1-4,7-8,11,13-14,17,23-25H,5-6H2,(H,18,19,20)(H,26,27,28)/t11-,13-,14-,17-/m1/s1. The third-order valence-corrected chi connectivity index (χ3v) is 5.66. The molecule has 3 heterocycles. The zero-order valence-electron chi connectivity index (χ0n) is 15.4. The topological polar surface area (TPSA) is 180 Å². The highest BCUT2D eigenvalue weighted by Crippen LogP contribution is 2.32. The summed E-state index contributed by atoms with van der Waals surface area (Å²) in [5.74, 6) is 0.350. The molecule has 160 valence electrons. The highest BCUT2D eigenvalue weighted by atomic mass is 32.2. The second-order valence-corrected chi connectivity index (χ2v) is 8.17. The van der Waals surface area contributed by atoms with Crippen molar-refractivity contribution in [1.82, 2.24) is 19.5 Å². The molecule has 0 bridgehead atoms. The van der Waals surface area contributed by atoms with Crippen LogP contribution >= 0.6 is 0 Å². The minimum Gasteiger partial charge on any atom is -0.394 e. The van der Waals surface area contributed by atoms with E-state index in [-0.39, 0.29) is 11.4 Å². The number of aromatic nitrogens is 4. The van der Waals surface area contributed by atoms with E-state index in [9.17, 15) is 28.3 Å². The fraction of sp³-hybridized carbons (Fsp3) is 0.353. The molecular formula is C17H19N5O7S. The fourth-order valence-corrected chi connectivity index (χ4v) is 3.83. The van der Waals surface area contributed by atoms with Gasteiger partial charge in [-0.2, -0.15) is 8.42 Å². The van der Waals surface area contributed by atoms with Gasteiger partial charge in [-0.3, -0.25) is 9.12 Å². The molecule has 0 radical (unpaired) electrons. The predicted molar refractivity (Wildman–Crippen MR) is 102 cm³/mol. The number of nitrogens with zero attached hydrogens (tertiary/aromatic N) is 4. The van der Waals surface area contributed by atoms with Gasteiger partial charge in [0.1, 0.15) is 24.6 Å². The fourth-order valence-electron chi connectivity index (χ4n) is 3.28. The zero-order valence-corrected chi connectivity index (χ0v) is 16.2. The van der Waals surface area contributed by atoms with Crippen LogP contribution in [0.3, 0.4) is 0 Å². The summed E-state index contributed by atoms with van der Waals surface area (Å²) >= 11 is 0. The Hall–Kier alpha value is -2.68. The van der Waals surface area contributed by atoms with E-state index in [1.54, 1.807) is 6.07 Å². The largest absolute Gasteiger partial charge is 0.394 e. The summed E-state index contributed by atoms with van der Waals surface area (Å²) in [5, 5.41) is 32.5. The molecule has 0 amide bonds.